The summed E-state index contributed by atoms with van der Waals surface area (Å²) in [6.07, 6.45) is 0.435. The van der Waals surface area contributed by atoms with Crippen LogP contribution in [0.2, 0.25) is 0 Å². The predicted molar refractivity (Wildman–Crippen MR) is 131 cm³/mol. The fourth-order valence-electron chi connectivity index (χ4n) is 4.41. The van der Waals surface area contributed by atoms with Gasteiger partial charge in [0.25, 0.3) is 5.91 Å². The second kappa shape index (κ2) is 10.00. The van der Waals surface area contributed by atoms with Crippen LogP contribution in [-0.4, -0.2) is 36.0 Å². The van der Waals surface area contributed by atoms with Gasteiger partial charge in [-0.3, -0.25) is 9.59 Å². The van der Waals surface area contributed by atoms with Crippen LogP contribution in [0.5, 0.6) is 11.5 Å². The monoisotopic (exact) mass is 458 g/mol. The number of nitrogens with one attached hydrogen (secondary N) is 1. The van der Waals surface area contributed by atoms with Gasteiger partial charge >= 0.3 is 0 Å². The number of hydrogen-bond acceptors (Lipinski definition) is 4. The van der Waals surface area contributed by atoms with E-state index in [1.165, 1.54) is 0 Å². The molecule has 6 nitrogen and oxygen atoms in total. The van der Waals surface area contributed by atoms with E-state index in [-0.39, 0.29) is 11.8 Å². The molecule has 0 aromatic heterocycles. The summed E-state index contributed by atoms with van der Waals surface area (Å²) in [5, 5.41) is 3.05. The molecule has 0 radical (unpaired) electrons. The summed E-state index contributed by atoms with van der Waals surface area (Å²) >= 11 is 0. The molecule has 34 heavy (non-hydrogen) atoms. The van der Waals surface area contributed by atoms with Crippen molar-refractivity contribution in [3.8, 4) is 11.5 Å². The summed E-state index contributed by atoms with van der Waals surface area (Å²) in [5.41, 5.74) is 2.30. The summed E-state index contributed by atoms with van der Waals surface area (Å²) in [4.78, 5) is 28.9. The second-order valence-electron chi connectivity index (χ2n) is 8.61. The Morgan fingerprint density at radius 1 is 1.00 bits per heavy atom. The zero-order valence-corrected chi connectivity index (χ0v) is 19.8. The molecule has 0 saturated carbocycles. The van der Waals surface area contributed by atoms with Gasteiger partial charge in [-0.05, 0) is 60.9 Å². The average Bonchev–Trinajstić information content (AvgIpc) is 2.85. The summed E-state index contributed by atoms with van der Waals surface area (Å²) < 4.78 is 10.9. The highest BCUT2D eigenvalue weighted by Gasteiger charge is 2.46. The topological polar surface area (TPSA) is 67.9 Å². The van der Waals surface area contributed by atoms with Gasteiger partial charge in [0.1, 0.15) is 17.0 Å². The van der Waals surface area contributed by atoms with Crippen LogP contribution >= 0.6 is 0 Å². The van der Waals surface area contributed by atoms with E-state index in [4.69, 9.17) is 9.47 Å². The van der Waals surface area contributed by atoms with Crippen LogP contribution in [0.15, 0.2) is 72.8 Å². The third kappa shape index (κ3) is 4.76. The minimum Gasteiger partial charge on any atom is -0.497 e. The Hall–Kier alpha value is -3.80. The number of amides is 2. The van der Waals surface area contributed by atoms with Gasteiger partial charge in [-0.25, -0.2) is 0 Å². The third-order valence-corrected chi connectivity index (χ3v) is 6.25. The molecule has 4 rings (SSSR count). The molecule has 6 heteroatoms. The normalized spacial score (nSPS) is 17.1. The molecular formula is C28H30N2O4. The Morgan fingerprint density at radius 2 is 1.71 bits per heavy atom. The van der Waals surface area contributed by atoms with Crippen molar-refractivity contribution < 1.29 is 19.1 Å². The van der Waals surface area contributed by atoms with Gasteiger partial charge in [0, 0.05) is 25.1 Å². The molecule has 1 heterocycles. The van der Waals surface area contributed by atoms with Gasteiger partial charge in [0.2, 0.25) is 5.91 Å². The highest BCUT2D eigenvalue weighted by molar-refractivity contribution is 6.02. The largest absolute Gasteiger partial charge is 0.497 e. The molecule has 1 aliphatic rings. The number of benzene rings is 3. The Morgan fingerprint density at radius 3 is 2.47 bits per heavy atom. The maximum Gasteiger partial charge on any atom is 0.255 e. The molecule has 3 aromatic rings. The number of hydrogen-bond donors (Lipinski definition) is 1. The summed E-state index contributed by atoms with van der Waals surface area (Å²) in [5.74, 6) is 1.13. The lowest BCUT2D eigenvalue weighted by Gasteiger charge is -2.44. The smallest absolute Gasteiger partial charge is 0.255 e. The van der Waals surface area contributed by atoms with Crippen molar-refractivity contribution in [2.45, 2.75) is 38.9 Å². The Bertz CT molecular complexity index is 1190. The van der Waals surface area contributed by atoms with Crippen LogP contribution in [-0.2, 0) is 24.3 Å². The highest BCUT2D eigenvalue weighted by atomic mass is 16.5. The lowest BCUT2D eigenvalue weighted by Crippen LogP contribution is -2.62. The van der Waals surface area contributed by atoms with E-state index >= 15 is 0 Å². The Labute approximate surface area is 200 Å². The number of rotatable bonds is 8. The summed E-state index contributed by atoms with van der Waals surface area (Å²) in [6.45, 7) is 4.98. The second-order valence-corrected chi connectivity index (χ2v) is 8.61. The SMILES string of the molecule is CCOc1cccc(CN2C(=O)c3ccccc3C[C@]2(C)C(=O)NCc2cccc(OC)c2)c1. The molecule has 0 fully saturated rings. The molecule has 0 unspecified atom stereocenters. The molecule has 1 aliphatic heterocycles. The zero-order chi connectivity index (χ0) is 24.1. The van der Waals surface area contributed by atoms with Crippen LogP contribution in [0.4, 0.5) is 0 Å². The molecule has 0 bridgehead atoms. The predicted octanol–water partition coefficient (Wildman–Crippen LogP) is 4.37. The zero-order valence-electron chi connectivity index (χ0n) is 19.8. The number of carbonyl (C=O) groups is 2. The third-order valence-electron chi connectivity index (χ3n) is 6.25. The molecule has 176 valence electrons. The summed E-state index contributed by atoms with van der Waals surface area (Å²) in [6, 6.07) is 22.8. The standard InChI is InChI=1S/C28H30N2O4/c1-4-34-24-13-8-10-21(16-24)19-30-26(31)25-14-6-5-11-22(25)17-28(30,2)27(32)29-18-20-9-7-12-23(15-20)33-3/h5-16H,4,17-19H2,1-3H3,(H,29,32)/t28-/m1/s1. The molecule has 0 spiro atoms. The van der Waals surface area contributed by atoms with Crippen molar-refractivity contribution >= 4 is 11.8 Å². The lowest BCUT2D eigenvalue weighted by molar-refractivity contribution is -0.132. The Balaban J connectivity index is 1.63. The Kier molecular flexibility index (Phi) is 6.87. The van der Waals surface area contributed by atoms with Crippen molar-refractivity contribution in [3.05, 3.63) is 95.1 Å². The average molecular weight is 459 g/mol. The van der Waals surface area contributed by atoms with Gasteiger partial charge in [0.15, 0.2) is 0 Å². The highest BCUT2D eigenvalue weighted by Crippen LogP contribution is 2.33. The molecule has 0 saturated heterocycles. The summed E-state index contributed by atoms with van der Waals surface area (Å²) in [7, 11) is 1.61. The van der Waals surface area contributed by atoms with E-state index in [0.29, 0.717) is 31.7 Å². The number of nitrogens with zero attached hydrogens (tertiary/aromatic N) is 1. The lowest BCUT2D eigenvalue weighted by atomic mass is 9.82. The quantitative estimate of drug-likeness (QED) is 0.544. The molecule has 2 amide bonds. The van der Waals surface area contributed by atoms with Crippen LogP contribution < -0.4 is 14.8 Å². The first-order valence-corrected chi connectivity index (χ1v) is 11.5. The van der Waals surface area contributed by atoms with E-state index in [1.807, 2.05) is 86.6 Å². The first kappa shape index (κ1) is 23.4. The maximum atomic E-state index is 13.6. The molecular weight excluding hydrogens is 428 g/mol. The van der Waals surface area contributed by atoms with E-state index in [1.54, 1.807) is 12.0 Å². The van der Waals surface area contributed by atoms with Crippen LogP contribution in [0.1, 0.15) is 40.9 Å². The number of carbonyl (C=O) groups excluding carboxylic acids is 2. The first-order chi connectivity index (χ1) is 16.4. The van der Waals surface area contributed by atoms with Crippen LogP contribution in [0, 0.1) is 0 Å². The van der Waals surface area contributed by atoms with Gasteiger partial charge in [0.05, 0.1) is 13.7 Å². The van der Waals surface area contributed by atoms with Gasteiger partial charge < -0.3 is 19.7 Å². The minimum atomic E-state index is -1.05. The first-order valence-electron chi connectivity index (χ1n) is 11.5. The molecule has 1 N–H and O–H groups in total. The van der Waals surface area contributed by atoms with Crippen molar-refractivity contribution in [3.63, 3.8) is 0 Å². The van der Waals surface area contributed by atoms with Crippen LogP contribution in [0.3, 0.4) is 0 Å². The van der Waals surface area contributed by atoms with Crippen molar-refractivity contribution in [2.24, 2.45) is 0 Å². The van der Waals surface area contributed by atoms with Crippen molar-refractivity contribution in [1.29, 1.82) is 0 Å². The van der Waals surface area contributed by atoms with E-state index in [9.17, 15) is 9.59 Å². The molecule has 1 atom stereocenters. The van der Waals surface area contributed by atoms with E-state index in [2.05, 4.69) is 5.32 Å². The number of ether oxygens (including phenoxy) is 2. The van der Waals surface area contributed by atoms with Gasteiger partial charge in [-0.2, -0.15) is 0 Å². The molecule has 3 aromatic carbocycles. The van der Waals surface area contributed by atoms with E-state index in [0.717, 1.165) is 28.2 Å². The number of fused-ring (bicyclic) bond motifs is 1. The molecule has 0 aliphatic carbocycles. The fourth-order valence-corrected chi connectivity index (χ4v) is 4.41. The fraction of sp³-hybridized carbons (Fsp3) is 0.286. The van der Waals surface area contributed by atoms with Crippen molar-refractivity contribution in [1.82, 2.24) is 10.2 Å². The van der Waals surface area contributed by atoms with Gasteiger partial charge in [-0.1, -0.05) is 42.5 Å². The number of methoxy groups -OCH3 is 1. The van der Waals surface area contributed by atoms with Crippen molar-refractivity contribution in [2.75, 3.05) is 13.7 Å². The minimum absolute atomic E-state index is 0.150. The van der Waals surface area contributed by atoms with Crippen LogP contribution in [0.25, 0.3) is 0 Å². The maximum absolute atomic E-state index is 13.6. The van der Waals surface area contributed by atoms with E-state index < -0.39 is 5.54 Å². The van der Waals surface area contributed by atoms with Gasteiger partial charge in [-0.15, -0.1) is 0 Å².